The van der Waals surface area contributed by atoms with E-state index >= 15 is 0 Å². The molecule has 0 bridgehead atoms. The average Bonchev–Trinajstić information content (AvgIpc) is 2.35. The van der Waals surface area contributed by atoms with Crippen molar-refractivity contribution in [1.82, 2.24) is 5.32 Å². The Morgan fingerprint density at radius 1 is 1.50 bits per heavy atom. The maximum Gasteiger partial charge on any atom is 0.284 e. The van der Waals surface area contributed by atoms with Gasteiger partial charge in [-0.05, 0) is 35.8 Å². The Morgan fingerprint density at radius 3 is 3.19 bits per heavy atom. The molecule has 0 fully saturated rings. The molecule has 0 saturated heterocycles. The van der Waals surface area contributed by atoms with Crippen LogP contribution in [-0.4, -0.2) is 17.9 Å². The molecule has 0 saturated carbocycles. The number of aryl methyl sites for hydroxylation is 1. The van der Waals surface area contributed by atoms with Gasteiger partial charge in [0.1, 0.15) is 0 Å². The molecular weight excluding hydrogens is 222 g/mol. The molecular formula is C12H13NO2S. The van der Waals surface area contributed by atoms with E-state index in [4.69, 9.17) is 0 Å². The molecule has 84 valence electrons. The van der Waals surface area contributed by atoms with Gasteiger partial charge in [-0.3, -0.25) is 9.59 Å². The average molecular weight is 235 g/mol. The zero-order valence-electron chi connectivity index (χ0n) is 8.86. The highest BCUT2D eigenvalue weighted by Gasteiger charge is 2.10. The first-order chi connectivity index (χ1) is 7.79. The molecule has 4 heteroatoms. The van der Waals surface area contributed by atoms with E-state index in [-0.39, 0.29) is 0 Å². The molecule has 1 aromatic carbocycles. The molecule has 0 spiro atoms. The summed E-state index contributed by atoms with van der Waals surface area (Å²) in [4.78, 5) is 22.3. The Hall–Kier alpha value is -1.29. The van der Waals surface area contributed by atoms with Crippen molar-refractivity contribution in [2.75, 3.05) is 5.75 Å². The van der Waals surface area contributed by atoms with Gasteiger partial charge < -0.3 is 5.32 Å². The lowest BCUT2D eigenvalue weighted by atomic mass is 10.1. The number of hydrogen-bond acceptors (Lipinski definition) is 3. The highest BCUT2D eigenvalue weighted by Crippen LogP contribution is 2.30. The van der Waals surface area contributed by atoms with Gasteiger partial charge in [-0.2, -0.15) is 0 Å². The van der Waals surface area contributed by atoms with Crippen LogP contribution in [0.3, 0.4) is 0 Å². The molecule has 1 N–H and O–H groups in total. The zero-order chi connectivity index (χ0) is 11.4. The number of fused-ring (bicyclic) bond motifs is 1. The number of benzene rings is 1. The second-order valence-electron chi connectivity index (χ2n) is 3.73. The standard InChI is InChI=1S/C12H13NO2S/c14-8-12(15)13-7-9-3-4-11-10(6-9)2-1-5-16-11/h3-4,6,8H,1-2,5,7H2,(H,13,15). The normalized spacial score (nSPS) is 14.0. The van der Waals surface area contributed by atoms with E-state index in [0.29, 0.717) is 12.8 Å². The lowest BCUT2D eigenvalue weighted by Crippen LogP contribution is -2.23. The van der Waals surface area contributed by atoms with Crippen LogP contribution in [0.25, 0.3) is 0 Å². The summed E-state index contributed by atoms with van der Waals surface area (Å²) in [6.07, 6.45) is 2.62. The summed E-state index contributed by atoms with van der Waals surface area (Å²) in [6.45, 7) is 0.426. The number of aldehydes is 1. The fourth-order valence-electron chi connectivity index (χ4n) is 1.75. The quantitative estimate of drug-likeness (QED) is 0.638. The SMILES string of the molecule is O=CC(=O)NCc1ccc2c(c1)CCCS2. The van der Waals surface area contributed by atoms with Crippen molar-refractivity contribution >= 4 is 24.0 Å². The molecule has 1 aromatic rings. The van der Waals surface area contributed by atoms with Crippen molar-refractivity contribution in [2.24, 2.45) is 0 Å². The highest BCUT2D eigenvalue weighted by atomic mass is 32.2. The Labute approximate surface area is 98.6 Å². The minimum atomic E-state index is -0.563. The Bertz CT molecular complexity index is 417. The molecule has 0 aromatic heterocycles. The van der Waals surface area contributed by atoms with Gasteiger partial charge in [0.2, 0.25) is 6.29 Å². The second-order valence-corrected chi connectivity index (χ2v) is 4.87. The summed E-state index contributed by atoms with van der Waals surface area (Å²) < 4.78 is 0. The Kier molecular flexibility index (Phi) is 3.62. The maximum absolute atomic E-state index is 10.8. The van der Waals surface area contributed by atoms with E-state index < -0.39 is 5.91 Å². The summed E-state index contributed by atoms with van der Waals surface area (Å²) in [5.41, 5.74) is 2.41. The molecule has 0 radical (unpaired) electrons. The lowest BCUT2D eigenvalue weighted by Gasteiger charge is -2.16. The summed E-state index contributed by atoms with van der Waals surface area (Å²) in [7, 11) is 0. The van der Waals surface area contributed by atoms with E-state index in [1.165, 1.54) is 22.6 Å². The van der Waals surface area contributed by atoms with Gasteiger partial charge in [-0.15, -0.1) is 11.8 Å². The Morgan fingerprint density at radius 2 is 2.38 bits per heavy atom. The van der Waals surface area contributed by atoms with Crippen molar-refractivity contribution in [3.05, 3.63) is 29.3 Å². The van der Waals surface area contributed by atoms with Gasteiger partial charge in [0.05, 0.1) is 0 Å². The molecule has 1 aliphatic rings. The van der Waals surface area contributed by atoms with Crippen LogP contribution in [0.2, 0.25) is 0 Å². The van der Waals surface area contributed by atoms with Crippen LogP contribution in [-0.2, 0) is 22.6 Å². The first kappa shape index (κ1) is 11.2. The molecule has 0 aliphatic carbocycles. The Balaban J connectivity index is 2.05. The summed E-state index contributed by atoms with van der Waals surface area (Å²) >= 11 is 1.88. The molecule has 0 unspecified atom stereocenters. The lowest BCUT2D eigenvalue weighted by molar-refractivity contribution is -0.131. The van der Waals surface area contributed by atoms with E-state index in [9.17, 15) is 9.59 Å². The number of rotatable bonds is 3. The van der Waals surface area contributed by atoms with Crippen molar-refractivity contribution in [1.29, 1.82) is 0 Å². The minimum Gasteiger partial charge on any atom is -0.346 e. The number of carbonyl (C=O) groups excluding carboxylic acids is 2. The zero-order valence-corrected chi connectivity index (χ0v) is 9.68. The molecule has 1 amide bonds. The van der Waals surface area contributed by atoms with E-state index in [1.54, 1.807) is 0 Å². The predicted octanol–water partition coefficient (Wildman–Crippen LogP) is 1.54. The third-order valence-electron chi connectivity index (χ3n) is 2.55. The minimum absolute atomic E-state index is 0.300. The number of carbonyl (C=O) groups is 2. The topological polar surface area (TPSA) is 46.2 Å². The first-order valence-electron chi connectivity index (χ1n) is 5.27. The molecule has 1 heterocycles. The number of hydrogen-bond donors (Lipinski definition) is 1. The monoisotopic (exact) mass is 235 g/mol. The molecule has 16 heavy (non-hydrogen) atoms. The number of amides is 1. The largest absolute Gasteiger partial charge is 0.346 e. The summed E-state index contributed by atoms with van der Waals surface area (Å²) in [5.74, 6) is 0.626. The smallest absolute Gasteiger partial charge is 0.284 e. The van der Waals surface area contributed by atoms with Crippen LogP contribution in [0, 0.1) is 0 Å². The molecule has 0 atom stereocenters. The number of nitrogens with one attached hydrogen (secondary N) is 1. The summed E-state index contributed by atoms with van der Waals surface area (Å²) in [5, 5.41) is 2.54. The molecule has 2 rings (SSSR count). The summed E-state index contributed by atoms with van der Waals surface area (Å²) in [6, 6.07) is 6.22. The third kappa shape index (κ3) is 2.64. The van der Waals surface area contributed by atoms with Gasteiger partial charge in [-0.1, -0.05) is 12.1 Å². The van der Waals surface area contributed by atoms with Gasteiger partial charge in [0, 0.05) is 11.4 Å². The van der Waals surface area contributed by atoms with Crippen molar-refractivity contribution in [3.63, 3.8) is 0 Å². The van der Waals surface area contributed by atoms with E-state index in [1.807, 2.05) is 17.8 Å². The number of thioether (sulfide) groups is 1. The fourth-order valence-corrected chi connectivity index (χ4v) is 2.77. The molecule has 1 aliphatic heterocycles. The van der Waals surface area contributed by atoms with E-state index in [0.717, 1.165) is 12.0 Å². The van der Waals surface area contributed by atoms with Gasteiger partial charge in [0.25, 0.3) is 5.91 Å². The van der Waals surface area contributed by atoms with Crippen LogP contribution < -0.4 is 5.32 Å². The van der Waals surface area contributed by atoms with Gasteiger partial charge >= 0.3 is 0 Å². The van der Waals surface area contributed by atoms with Crippen molar-refractivity contribution in [2.45, 2.75) is 24.3 Å². The van der Waals surface area contributed by atoms with Crippen molar-refractivity contribution in [3.8, 4) is 0 Å². The van der Waals surface area contributed by atoms with Gasteiger partial charge in [-0.25, -0.2) is 0 Å². The maximum atomic E-state index is 10.8. The van der Waals surface area contributed by atoms with E-state index in [2.05, 4.69) is 17.4 Å². The second kappa shape index (κ2) is 5.16. The third-order valence-corrected chi connectivity index (χ3v) is 3.75. The van der Waals surface area contributed by atoms with Crippen LogP contribution in [0.4, 0.5) is 0 Å². The first-order valence-corrected chi connectivity index (χ1v) is 6.26. The predicted molar refractivity (Wildman–Crippen MR) is 63.4 cm³/mol. The van der Waals surface area contributed by atoms with Crippen LogP contribution in [0.1, 0.15) is 17.5 Å². The van der Waals surface area contributed by atoms with Gasteiger partial charge in [0.15, 0.2) is 0 Å². The van der Waals surface area contributed by atoms with Crippen molar-refractivity contribution < 1.29 is 9.59 Å². The van der Waals surface area contributed by atoms with Crippen LogP contribution in [0.5, 0.6) is 0 Å². The van der Waals surface area contributed by atoms with Crippen LogP contribution in [0.15, 0.2) is 23.1 Å². The fraction of sp³-hybridized carbons (Fsp3) is 0.333. The highest BCUT2D eigenvalue weighted by molar-refractivity contribution is 7.99. The van der Waals surface area contributed by atoms with Crippen LogP contribution >= 0.6 is 11.8 Å². The molecule has 3 nitrogen and oxygen atoms in total.